The molecule has 1 fully saturated rings. The van der Waals surface area contributed by atoms with Crippen LogP contribution in [0.15, 0.2) is 89.9 Å². The number of hydrogen-bond acceptors (Lipinski definition) is 8. The second-order valence-corrected chi connectivity index (χ2v) is 9.83. The van der Waals surface area contributed by atoms with E-state index in [-0.39, 0.29) is 25.4 Å². The van der Waals surface area contributed by atoms with Crippen LogP contribution in [0.25, 0.3) is 0 Å². The second-order valence-electron chi connectivity index (χ2n) is 9.83. The molecule has 4 rings (SSSR count). The predicted molar refractivity (Wildman–Crippen MR) is 150 cm³/mol. The number of nitrogens with zero attached hydrogens (tertiary/aromatic N) is 1. The van der Waals surface area contributed by atoms with E-state index < -0.39 is 54.3 Å². The molecule has 11 heteroatoms. The standard InChI is InChI=1S/C32H32F3NO7/c1-21(37)39-20-27-29(40-18-23-11-5-3-6-12-23)30(41-19-24-13-7-4-8-14-24)28(31(43-27)42-22(2)38)36-17-25-15-9-10-16-26(25)32(33,34)35/h3-17,27-31H,18-20H2,1-2H3/t27-,28-,29+,30-,31?/m1/s1. The summed E-state index contributed by atoms with van der Waals surface area (Å²) in [5, 5.41) is 0. The number of rotatable bonds is 11. The van der Waals surface area contributed by atoms with Crippen molar-refractivity contribution in [2.24, 2.45) is 4.99 Å². The van der Waals surface area contributed by atoms with E-state index in [4.69, 9.17) is 23.7 Å². The van der Waals surface area contributed by atoms with Crippen molar-refractivity contribution in [1.82, 2.24) is 0 Å². The van der Waals surface area contributed by atoms with Gasteiger partial charge in [-0.1, -0.05) is 78.9 Å². The highest BCUT2D eigenvalue weighted by Gasteiger charge is 2.49. The molecule has 0 radical (unpaired) electrons. The number of hydrogen-bond donors (Lipinski definition) is 0. The molecule has 1 aliphatic heterocycles. The first kappa shape index (κ1) is 31.9. The van der Waals surface area contributed by atoms with E-state index in [0.29, 0.717) is 0 Å². The van der Waals surface area contributed by atoms with Gasteiger partial charge in [-0.3, -0.25) is 14.6 Å². The van der Waals surface area contributed by atoms with Crippen molar-refractivity contribution >= 4 is 18.2 Å². The predicted octanol–water partition coefficient (Wildman–Crippen LogP) is 5.51. The van der Waals surface area contributed by atoms with Crippen molar-refractivity contribution in [3.05, 3.63) is 107 Å². The third kappa shape index (κ3) is 9.21. The molecule has 1 unspecified atom stereocenters. The molecule has 1 heterocycles. The summed E-state index contributed by atoms with van der Waals surface area (Å²) in [5.74, 6) is -1.28. The number of aliphatic imine (C=N–C) groups is 1. The van der Waals surface area contributed by atoms with Crippen molar-refractivity contribution in [2.75, 3.05) is 6.61 Å². The zero-order valence-corrected chi connectivity index (χ0v) is 23.6. The van der Waals surface area contributed by atoms with Gasteiger partial charge in [0.25, 0.3) is 0 Å². The van der Waals surface area contributed by atoms with Crippen LogP contribution in [0, 0.1) is 0 Å². The zero-order chi connectivity index (χ0) is 30.8. The monoisotopic (exact) mass is 599 g/mol. The summed E-state index contributed by atoms with van der Waals surface area (Å²) in [6.07, 6.45) is -7.85. The van der Waals surface area contributed by atoms with Crippen molar-refractivity contribution in [2.45, 2.75) is 63.9 Å². The molecule has 0 saturated carbocycles. The maximum atomic E-state index is 13.7. The van der Waals surface area contributed by atoms with E-state index in [9.17, 15) is 22.8 Å². The number of carbonyl (C=O) groups excluding carboxylic acids is 2. The van der Waals surface area contributed by atoms with Gasteiger partial charge >= 0.3 is 18.1 Å². The van der Waals surface area contributed by atoms with E-state index in [1.165, 1.54) is 32.0 Å². The highest BCUT2D eigenvalue weighted by molar-refractivity contribution is 5.82. The summed E-state index contributed by atoms with van der Waals surface area (Å²) < 4.78 is 70.6. The van der Waals surface area contributed by atoms with Gasteiger partial charge in [-0.15, -0.1) is 0 Å². The number of esters is 2. The summed E-state index contributed by atoms with van der Waals surface area (Å²) in [4.78, 5) is 28.3. The van der Waals surface area contributed by atoms with Crippen LogP contribution in [0.1, 0.15) is 36.1 Å². The molecule has 3 aromatic carbocycles. The molecule has 43 heavy (non-hydrogen) atoms. The van der Waals surface area contributed by atoms with Crippen LogP contribution in [-0.2, 0) is 52.7 Å². The highest BCUT2D eigenvalue weighted by atomic mass is 19.4. The summed E-state index contributed by atoms with van der Waals surface area (Å²) in [7, 11) is 0. The zero-order valence-electron chi connectivity index (χ0n) is 23.6. The van der Waals surface area contributed by atoms with Crippen LogP contribution >= 0.6 is 0 Å². The quantitative estimate of drug-likeness (QED) is 0.212. The van der Waals surface area contributed by atoms with Gasteiger partial charge in [0.1, 0.15) is 31.0 Å². The minimum Gasteiger partial charge on any atom is -0.463 e. The van der Waals surface area contributed by atoms with Gasteiger partial charge < -0.3 is 23.7 Å². The van der Waals surface area contributed by atoms with Gasteiger partial charge in [0, 0.05) is 25.6 Å². The first-order valence-corrected chi connectivity index (χ1v) is 13.6. The second kappa shape index (κ2) is 14.9. The lowest BCUT2D eigenvalue weighted by Crippen LogP contribution is -2.60. The molecular formula is C32H32F3NO7. The average Bonchev–Trinajstić information content (AvgIpc) is 2.98. The average molecular weight is 600 g/mol. The summed E-state index contributed by atoms with van der Waals surface area (Å²) in [6.45, 7) is 2.34. The van der Waals surface area contributed by atoms with Gasteiger partial charge in [0.15, 0.2) is 0 Å². The van der Waals surface area contributed by atoms with Crippen LogP contribution in [0.5, 0.6) is 0 Å². The maximum Gasteiger partial charge on any atom is 0.417 e. The van der Waals surface area contributed by atoms with Crippen molar-refractivity contribution in [3.63, 3.8) is 0 Å². The molecule has 1 saturated heterocycles. The number of benzene rings is 3. The van der Waals surface area contributed by atoms with Gasteiger partial charge in [0.2, 0.25) is 6.29 Å². The SMILES string of the molecule is CC(=O)OC[C@H]1OC(OC(C)=O)[C@H](N=Cc2ccccc2C(F)(F)F)[C@@H](OCc2ccccc2)[C@H]1OCc1ccccc1. The Labute approximate surface area is 247 Å². The molecule has 5 atom stereocenters. The molecule has 8 nitrogen and oxygen atoms in total. The Morgan fingerprint density at radius 1 is 0.814 bits per heavy atom. The number of alkyl halides is 3. The Kier molecular flexibility index (Phi) is 11.0. The number of halogens is 3. The first-order valence-electron chi connectivity index (χ1n) is 13.6. The minimum absolute atomic E-state index is 0.0783. The first-order chi connectivity index (χ1) is 20.6. The fourth-order valence-corrected chi connectivity index (χ4v) is 4.60. The number of carbonyl (C=O) groups is 2. The molecular weight excluding hydrogens is 567 g/mol. The van der Waals surface area contributed by atoms with Crippen LogP contribution in [-0.4, -0.2) is 55.4 Å². The third-order valence-electron chi connectivity index (χ3n) is 6.57. The summed E-state index contributed by atoms with van der Waals surface area (Å²) in [6, 6.07) is 22.3. The molecule has 0 spiro atoms. The van der Waals surface area contributed by atoms with Crippen molar-refractivity contribution < 1.29 is 46.4 Å². The van der Waals surface area contributed by atoms with Gasteiger partial charge in [-0.05, 0) is 17.2 Å². The molecule has 0 bridgehead atoms. The lowest BCUT2D eigenvalue weighted by atomic mass is 9.96. The molecule has 0 aromatic heterocycles. The smallest absolute Gasteiger partial charge is 0.417 e. The fourth-order valence-electron chi connectivity index (χ4n) is 4.60. The Bertz CT molecular complexity index is 1370. The Morgan fingerprint density at radius 2 is 1.37 bits per heavy atom. The lowest BCUT2D eigenvalue weighted by molar-refractivity contribution is -0.277. The largest absolute Gasteiger partial charge is 0.463 e. The molecule has 0 N–H and O–H groups in total. The lowest BCUT2D eigenvalue weighted by Gasteiger charge is -2.44. The Balaban J connectivity index is 1.74. The van der Waals surface area contributed by atoms with Crippen LogP contribution < -0.4 is 0 Å². The Hall–Kier alpha value is -4.06. The fraction of sp³-hybridized carbons (Fsp3) is 0.344. The molecule has 1 aliphatic rings. The molecule has 228 valence electrons. The van der Waals surface area contributed by atoms with Crippen molar-refractivity contribution in [1.29, 1.82) is 0 Å². The summed E-state index contributed by atoms with van der Waals surface area (Å²) in [5.41, 5.74) is 0.561. The van der Waals surface area contributed by atoms with E-state index in [1.54, 1.807) is 0 Å². The summed E-state index contributed by atoms with van der Waals surface area (Å²) >= 11 is 0. The van der Waals surface area contributed by atoms with Crippen LogP contribution in [0.3, 0.4) is 0 Å². The molecule has 0 amide bonds. The Morgan fingerprint density at radius 3 is 1.93 bits per heavy atom. The third-order valence-corrected chi connectivity index (χ3v) is 6.57. The van der Waals surface area contributed by atoms with Gasteiger partial charge in [0.05, 0.1) is 18.8 Å². The maximum absolute atomic E-state index is 13.7. The number of ether oxygens (including phenoxy) is 5. The molecule has 3 aromatic rings. The highest BCUT2D eigenvalue weighted by Crippen LogP contribution is 2.33. The van der Waals surface area contributed by atoms with E-state index in [1.807, 2.05) is 60.7 Å². The minimum atomic E-state index is -4.62. The van der Waals surface area contributed by atoms with Crippen LogP contribution in [0.4, 0.5) is 13.2 Å². The topological polar surface area (TPSA) is 92.7 Å². The van der Waals surface area contributed by atoms with E-state index in [2.05, 4.69) is 4.99 Å². The van der Waals surface area contributed by atoms with Crippen LogP contribution in [0.2, 0.25) is 0 Å². The van der Waals surface area contributed by atoms with E-state index >= 15 is 0 Å². The van der Waals surface area contributed by atoms with E-state index in [0.717, 1.165) is 23.4 Å². The van der Waals surface area contributed by atoms with Gasteiger partial charge in [-0.2, -0.15) is 13.2 Å². The van der Waals surface area contributed by atoms with Gasteiger partial charge in [-0.25, -0.2) is 0 Å². The van der Waals surface area contributed by atoms with Crippen molar-refractivity contribution in [3.8, 4) is 0 Å². The molecule has 0 aliphatic carbocycles. The normalized spacial score (nSPS) is 22.3.